The summed E-state index contributed by atoms with van der Waals surface area (Å²) in [4.78, 5) is 27.9. The van der Waals surface area contributed by atoms with Crippen molar-refractivity contribution in [2.75, 3.05) is 11.9 Å². The maximum absolute atomic E-state index is 12.3. The number of thiazole rings is 1. The fourth-order valence-corrected chi connectivity index (χ4v) is 3.66. The van der Waals surface area contributed by atoms with Crippen LogP contribution in [-0.2, 0) is 16.0 Å². The minimum atomic E-state index is -0.167. The highest BCUT2D eigenvalue weighted by molar-refractivity contribution is 7.22. The van der Waals surface area contributed by atoms with Crippen LogP contribution < -0.4 is 10.6 Å². The number of rotatable bonds is 5. The molecule has 1 aliphatic rings. The topological polar surface area (TPSA) is 71.1 Å². The minimum absolute atomic E-state index is 0.0219. The van der Waals surface area contributed by atoms with Crippen LogP contribution >= 0.6 is 11.3 Å². The summed E-state index contributed by atoms with van der Waals surface area (Å²) < 4.78 is 1.10. The molecule has 1 aromatic carbocycles. The molecule has 1 atom stereocenters. The highest BCUT2D eigenvalue weighted by Crippen LogP contribution is 2.28. The second-order valence-corrected chi connectivity index (χ2v) is 6.98. The average Bonchev–Trinajstić information content (AvgIpc) is 2.94. The molecule has 122 valence electrons. The van der Waals surface area contributed by atoms with E-state index in [1.807, 2.05) is 6.07 Å². The van der Waals surface area contributed by atoms with E-state index in [0.29, 0.717) is 24.5 Å². The number of aryl methyl sites for hydroxylation is 1. The van der Waals surface area contributed by atoms with E-state index in [0.717, 1.165) is 16.6 Å². The maximum atomic E-state index is 12.3. The molecule has 0 aliphatic carbocycles. The molecule has 2 aromatic rings. The lowest BCUT2D eigenvalue weighted by atomic mass is 9.98. The number of nitrogens with zero attached hydrogens (tertiary/aromatic N) is 1. The van der Waals surface area contributed by atoms with Gasteiger partial charge in [0.25, 0.3) is 0 Å². The van der Waals surface area contributed by atoms with E-state index in [9.17, 15) is 9.59 Å². The second kappa shape index (κ2) is 7.08. The van der Waals surface area contributed by atoms with Gasteiger partial charge < -0.3 is 10.6 Å². The van der Waals surface area contributed by atoms with Gasteiger partial charge in [-0.2, -0.15) is 0 Å². The van der Waals surface area contributed by atoms with Gasteiger partial charge >= 0.3 is 0 Å². The molecule has 1 aromatic heterocycles. The van der Waals surface area contributed by atoms with Gasteiger partial charge in [-0.15, -0.1) is 0 Å². The predicted molar refractivity (Wildman–Crippen MR) is 92.6 cm³/mol. The summed E-state index contributed by atoms with van der Waals surface area (Å²) in [7, 11) is 0. The van der Waals surface area contributed by atoms with Crippen molar-refractivity contribution < 1.29 is 9.59 Å². The fraction of sp³-hybridized carbons (Fsp3) is 0.471. The third-order valence-corrected chi connectivity index (χ3v) is 5.07. The first-order valence-electron chi connectivity index (χ1n) is 8.12. The van der Waals surface area contributed by atoms with E-state index >= 15 is 0 Å². The summed E-state index contributed by atoms with van der Waals surface area (Å²) in [6, 6.07) is 6.30. The van der Waals surface area contributed by atoms with Crippen molar-refractivity contribution in [1.82, 2.24) is 10.3 Å². The first-order valence-corrected chi connectivity index (χ1v) is 8.94. The zero-order valence-electron chi connectivity index (χ0n) is 13.2. The smallest absolute Gasteiger partial charge is 0.231 e. The van der Waals surface area contributed by atoms with E-state index in [-0.39, 0.29) is 17.7 Å². The molecule has 0 unspecified atom stereocenters. The largest absolute Gasteiger partial charge is 0.355 e. The second-order valence-electron chi connectivity index (χ2n) is 5.95. The molecule has 23 heavy (non-hydrogen) atoms. The number of piperidine rings is 1. The molecule has 2 heterocycles. The zero-order chi connectivity index (χ0) is 16.2. The Kier molecular flexibility index (Phi) is 4.91. The highest BCUT2D eigenvalue weighted by Gasteiger charge is 2.25. The van der Waals surface area contributed by atoms with E-state index in [1.165, 1.54) is 29.7 Å². The molecule has 0 radical (unpaired) electrons. The Labute approximate surface area is 139 Å². The third kappa shape index (κ3) is 3.88. The van der Waals surface area contributed by atoms with Gasteiger partial charge in [0.05, 0.1) is 16.1 Å². The van der Waals surface area contributed by atoms with Crippen molar-refractivity contribution in [2.24, 2.45) is 5.92 Å². The van der Waals surface area contributed by atoms with Crippen LogP contribution in [0.4, 0.5) is 5.13 Å². The first-order chi connectivity index (χ1) is 11.2. The number of fused-ring (bicyclic) bond motifs is 1. The molecule has 1 fully saturated rings. The number of benzene rings is 1. The minimum Gasteiger partial charge on any atom is -0.355 e. The lowest BCUT2D eigenvalue weighted by Crippen LogP contribution is -2.40. The number of anilines is 1. The number of hydrogen-bond donors (Lipinski definition) is 2. The third-order valence-electron chi connectivity index (χ3n) is 4.14. The van der Waals surface area contributed by atoms with E-state index in [1.54, 1.807) is 0 Å². The summed E-state index contributed by atoms with van der Waals surface area (Å²) in [5.74, 6) is -0.205. The van der Waals surface area contributed by atoms with Crippen molar-refractivity contribution in [2.45, 2.75) is 39.0 Å². The first kappa shape index (κ1) is 15.9. The van der Waals surface area contributed by atoms with Crippen LogP contribution in [0.3, 0.4) is 0 Å². The number of nitrogens with one attached hydrogen (secondary N) is 2. The normalized spacial score (nSPS) is 18.0. The van der Waals surface area contributed by atoms with Crippen LogP contribution in [0, 0.1) is 5.92 Å². The Bertz CT molecular complexity index is 716. The van der Waals surface area contributed by atoms with E-state index < -0.39 is 0 Å². The molecular weight excluding hydrogens is 310 g/mol. The van der Waals surface area contributed by atoms with Gasteiger partial charge in [-0.3, -0.25) is 9.59 Å². The van der Waals surface area contributed by atoms with Crippen LogP contribution in [0.2, 0.25) is 0 Å². The number of hydrogen-bond acceptors (Lipinski definition) is 4. The van der Waals surface area contributed by atoms with Gasteiger partial charge in [0.1, 0.15) is 0 Å². The Hall–Kier alpha value is -1.95. The highest BCUT2D eigenvalue weighted by atomic mass is 32.1. The molecular formula is C17H21N3O2S. The molecule has 2 amide bonds. The molecule has 0 saturated carbocycles. The Morgan fingerprint density at radius 2 is 2.35 bits per heavy atom. The fourth-order valence-electron chi connectivity index (χ4n) is 2.72. The van der Waals surface area contributed by atoms with Crippen molar-refractivity contribution in [1.29, 1.82) is 0 Å². The van der Waals surface area contributed by atoms with Gasteiger partial charge in [0, 0.05) is 13.0 Å². The zero-order valence-corrected chi connectivity index (χ0v) is 14.0. The van der Waals surface area contributed by atoms with Crippen LogP contribution in [-0.4, -0.2) is 23.3 Å². The van der Waals surface area contributed by atoms with Gasteiger partial charge in [-0.25, -0.2) is 4.98 Å². The molecule has 1 saturated heterocycles. The summed E-state index contributed by atoms with van der Waals surface area (Å²) in [5, 5.41) is 6.27. The van der Waals surface area contributed by atoms with Crippen molar-refractivity contribution in [3.05, 3.63) is 23.8 Å². The Morgan fingerprint density at radius 1 is 1.48 bits per heavy atom. The summed E-state index contributed by atoms with van der Waals surface area (Å²) in [6.07, 6.45) is 4.46. The molecule has 5 nitrogen and oxygen atoms in total. The number of aromatic nitrogens is 1. The summed E-state index contributed by atoms with van der Waals surface area (Å²) in [6.45, 7) is 2.60. The van der Waals surface area contributed by atoms with Gasteiger partial charge in [-0.05, 0) is 37.0 Å². The molecule has 0 bridgehead atoms. The quantitative estimate of drug-likeness (QED) is 0.884. The van der Waals surface area contributed by atoms with Crippen LogP contribution in [0.15, 0.2) is 18.2 Å². The lowest BCUT2D eigenvalue weighted by molar-refractivity contribution is -0.126. The number of carbonyl (C=O) groups is 2. The molecule has 1 aliphatic heterocycles. The molecule has 3 rings (SSSR count). The monoisotopic (exact) mass is 331 g/mol. The maximum Gasteiger partial charge on any atom is 0.231 e. The van der Waals surface area contributed by atoms with Crippen molar-refractivity contribution >= 4 is 38.5 Å². The molecule has 6 heteroatoms. The Balaban J connectivity index is 1.68. The standard InChI is InChI=1S/C17H21N3O2S/c1-2-3-4-11-5-7-13-14(9-11)23-17(19-13)20-16(22)12-6-8-15(21)18-10-12/h5,7,9,12H,2-4,6,8,10H2,1H3,(H,18,21)(H,19,20,22)/t12-/m0/s1. The van der Waals surface area contributed by atoms with Crippen LogP contribution in [0.1, 0.15) is 38.2 Å². The number of unbranched alkanes of at least 4 members (excludes halogenated alkanes) is 1. The van der Waals surface area contributed by atoms with Crippen LogP contribution in [0.25, 0.3) is 10.2 Å². The lowest BCUT2D eigenvalue weighted by Gasteiger charge is -2.20. The SMILES string of the molecule is CCCCc1ccc2nc(NC(=O)[C@H]3CCC(=O)NC3)sc2c1. The van der Waals surface area contributed by atoms with Crippen LogP contribution in [0.5, 0.6) is 0 Å². The molecule has 0 spiro atoms. The number of amides is 2. The Morgan fingerprint density at radius 3 is 3.09 bits per heavy atom. The summed E-state index contributed by atoms with van der Waals surface area (Å²) in [5.41, 5.74) is 2.23. The van der Waals surface area contributed by atoms with E-state index in [2.05, 4.69) is 34.7 Å². The van der Waals surface area contributed by atoms with E-state index in [4.69, 9.17) is 0 Å². The number of carbonyl (C=O) groups excluding carboxylic acids is 2. The molecule has 2 N–H and O–H groups in total. The predicted octanol–water partition coefficient (Wildman–Crippen LogP) is 3.10. The van der Waals surface area contributed by atoms with Gasteiger partial charge in [0.15, 0.2) is 5.13 Å². The average molecular weight is 331 g/mol. The van der Waals surface area contributed by atoms with Gasteiger partial charge in [-0.1, -0.05) is 30.7 Å². The summed E-state index contributed by atoms with van der Waals surface area (Å²) >= 11 is 1.51. The van der Waals surface area contributed by atoms with Gasteiger partial charge in [0.2, 0.25) is 11.8 Å². The van der Waals surface area contributed by atoms with Crippen molar-refractivity contribution in [3.63, 3.8) is 0 Å². The van der Waals surface area contributed by atoms with Crippen molar-refractivity contribution in [3.8, 4) is 0 Å².